The van der Waals surface area contributed by atoms with E-state index >= 15 is 0 Å². The molecule has 0 bridgehead atoms. The Kier molecular flexibility index (Phi) is 1.83. The van der Waals surface area contributed by atoms with Crippen molar-refractivity contribution in [3.05, 3.63) is 0 Å². The number of rotatable bonds is 1. The molecule has 11 heavy (non-hydrogen) atoms. The second kappa shape index (κ2) is 2.31. The Morgan fingerprint density at radius 2 is 1.91 bits per heavy atom. The molecule has 0 aliphatic carbocycles. The lowest BCUT2D eigenvalue weighted by molar-refractivity contribution is -0.117. The summed E-state index contributed by atoms with van der Waals surface area (Å²) < 4.78 is 5.71. The molecule has 0 radical (unpaired) electrons. The third-order valence-corrected chi connectivity index (χ3v) is 2.31. The zero-order valence-electron chi connectivity index (χ0n) is 7.68. The van der Waals surface area contributed by atoms with Gasteiger partial charge in [-0.25, -0.2) is 0 Å². The molecule has 1 rings (SSSR count). The molecule has 1 heterocycles. The Morgan fingerprint density at radius 1 is 1.36 bits per heavy atom. The number of hydrogen-bond donors (Lipinski definition) is 0. The average molecular weight is 156 g/mol. The van der Waals surface area contributed by atoms with Gasteiger partial charge in [0.25, 0.3) is 0 Å². The molecule has 0 aromatic carbocycles. The van der Waals surface area contributed by atoms with Crippen LogP contribution in [0.1, 0.15) is 34.1 Å². The summed E-state index contributed by atoms with van der Waals surface area (Å²) in [6, 6.07) is 0. The molecule has 0 amide bonds. The van der Waals surface area contributed by atoms with Crippen molar-refractivity contribution in [2.45, 2.75) is 45.3 Å². The van der Waals surface area contributed by atoms with Crippen molar-refractivity contribution in [3.63, 3.8) is 0 Å². The largest absolute Gasteiger partial charge is 0.369 e. The van der Waals surface area contributed by atoms with Crippen LogP contribution in [0.4, 0.5) is 0 Å². The van der Waals surface area contributed by atoms with Crippen LogP contribution in [0.3, 0.4) is 0 Å². The van der Waals surface area contributed by atoms with Crippen LogP contribution in [0.5, 0.6) is 0 Å². The molecular weight excluding hydrogens is 140 g/mol. The van der Waals surface area contributed by atoms with Gasteiger partial charge in [0.15, 0.2) is 0 Å². The minimum atomic E-state index is -0.273. The van der Waals surface area contributed by atoms with Crippen LogP contribution >= 0.6 is 0 Å². The second-order valence-electron chi connectivity index (χ2n) is 4.41. The number of aldehydes is 1. The van der Waals surface area contributed by atoms with Gasteiger partial charge in [0, 0.05) is 5.92 Å². The fraction of sp³-hybridized carbons (Fsp3) is 0.889. The van der Waals surface area contributed by atoms with E-state index in [-0.39, 0.29) is 17.1 Å². The SMILES string of the molecule is CC1(C)CC(C=O)C(C)(C)O1. The Labute approximate surface area is 67.9 Å². The molecule has 0 N–H and O–H groups in total. The van der Waals surface area contributed by atoms with Crippen molar-refractivity contribution in [1.82, 2.24) is 0 Å². The maximum absolute atomic E-state index is 10.6. The van der Waals surface area contributed by atoms with Crippen LogP contribution < -0.4 is 0 Å². The van der Waals surface area contributed by atoms with Crippen molar-refractivity contribution < 1.29 is 9.53 Å². The van der Waals surface area contributed by atoms with Crippen molar-refractivity contribution in [2.24, 2.45) is 5.92 Å². The predicted molar refractivity (Wildman–Crippen MR) is 43.4 cm³/mol. The minimum absolute atomic E-state index is 0.0532. The Hall–Kier alpha value is -0.370. The first kappa shape index (κ1) is 8.72. The fourth-order valence-electron chi connectivity index (χ4n) is 1.82. The number of carbonyl (C=O) groups is 1. The molecule has 1 saturated heterocycles. The molecule has 0 saturated carbocycles. The van der Waals surface area contributed by atoms with Gasteiger partial charge in [-0.2, -0.15) is 0 Å². The standard InChI is InChI=1S/C9H16O2/c1-8(2)5-7(6-10)9(3,4)11-8/h6-7H,5H2,1-4H3. The summed E-state index contributed by atoms with van der Waals surface area (Å²) in [4.78, 5) is 10.6. The van der Waals surface area contributed by atoms with Crippen molar-refractivity contribution >= 4 is 6.29 Å². The van der Waals surface area contributed by atoms with Crippen LogP contribution in [-0.4, -0.2) is 17.5 Å². The van der Waals surface area contributed by atoms with Crippen LogP contribution in [-0.2, 0) is 9.53 Å². The van der Waals surface area contributed by atoms with E-state index in [4.69, 9.17) is 4.74 Å². The summed E-state index contributed by atoms with van der Waals surface area (Å²) in [6.07, 6.45) is 1.85. The highest BCUT2D eigenvalue weighted by atomic mass is 16.5. The van der Waals surface area contributed by atoms with Crippen LogP contribution in [0, 0.1) is 5.92 Å². The molecule has 0 spiro atoms. The second-order valence-corrected chi connectivity index (χ2v) is 4.41. The van der Waals surface area contributed by atoms with E-state index in [9.17, 15) is 4.79 Å². The highest BCUT2D eigenvalue weighted by Gasteiger charge is 2.45. The average Bonchev–Trinajstić information content (AvgIpc) is 1.99. The lowest BCUT2D eigenvalue weighted by atomic mass is 9.89. The summed E-state index contributed by atoms with van der Waals surface area (Å²) in [7, 11) is 0. The highest BCUT2D eigenvalue weighted by Crippen LogP contribution is 2.40. The van der Waals surface area contributed by atoms with Gasteiger partial charge in [-0.3, -0.25) is 0 Å². The normalized spacial score (nSPS) is 33.6. The van der Waals surface area contributed by atoms with E-state index in [1.807, 2.05) is 27.7 Å². The molecule has 1 fully saturated rings. The molecule has 2 heteroatoms. The topological polar surface area (TPSA) is 26.3 Å². The predicted octanol–water partition coefficient (Wildman–Crippen LogP) is 1.78. The Balaban J connectivity index is 2.79. The molecule has 0 aromatic rings. The smallest absolute Gasteiger partial charge is 0.126 e. The number of hydrogen-bond acceptors (Lipinski definition) is 2. The van der Waals surface area contributed by atoms with Gasteiger partial charge in [-0.15, -0.1) is 0 Å². The number of ether oxygens (including phenoxy) is 1. The molecule has 2 nitrogen and oxygen atoms in total. The van der Waals surface area contributed by atoms with Gasteiger partial charge in [0.1, 0.15) is 6.29 Å². The van der Waals surface area contributed by atoms with Gasteiger partial charge in [0.2, 0.25) is 0 Å². The Bertz CT molecular complexity index is 170. The molecule has 0 aromatic heterocycles. The van der Waals surface area contributed by atoms with Crippen LogP contribution in [0.2, 0.25) is 0 Å². The zero-order chi connectivity index (χ0) is 8.70. The van der Waals surface area contributed by atoms with Gasteiger partial charge in [0.05, 0.1) is 11.2 Å². The van der Waals surface area contributed by atoms with Crippen LogP contribution in [0.15, 0.2) is 0 Å². The molecule has 64 valence electrons. The minimum Gasteiger partial charge on any atom is -0.369 e. The zero-order valence-corrected chi connectivity index (χ0v) is 7.68. The van der Waals surface area contributed by atoms with Crippen molar-refractivity contribution in [2.75, 3.05) is 0 Å². The molecule has 1 unspecified atom stereocenters. The van der Waals surface area contributed by atoms with Gasteiger partial charge in [-0.05, 0) is 34.1 Å². The summed E-state index contributed by atoms with van der Waals surface area (Å²) in [5, 5.41) is 0. The van der Waals surface area contributed by atoms with E-state index in [1.54, 1.807) is 0 Å². The van der Waals surface area contributed by atoms with Crippen LogP contribution in [0.25, 0.3) is 0 Å². The van der Waals surface area contributed by atoms with E-state index in [1.165, 1.54) is 0 Å². The first-order valence-corrected chi connectivity index (χ1v) is 4.03. The van der Waals surface area contributed by atoms with E-state index in [0.717, 1.165) is 12.7 Å². The van der Waals surface area contributed by atoms with E-state index in [0.29, 0.717) is 0 Å². The molecular formula is C9H16O2. The van der Waals surface area contributed by atoms with E-state index < -0.39 is 0 Å². The van der Waals surface area contributed by atoms with Gasteiger partial charge >= 0.3 is 0 Å². The summed E-state index contributed by atoms with van der Waals surface area (Å²) in [5.74, 6) is 0.0532. The summed E-state index contributed by atoms with van der Waals surface area (Å²) in [6.45, 7) is 8.00. The summed E-state index contributed by atoms with van der Waals surface area (Å²) >= 11 is 0. The first-order valence-electron chi connectivity index (χ1n) is 4.03. The molecule has 1 aliphatic heterocycles. The maximum Gasteiger partial charge on any atom is 0.126 e. The fourth-order valence-corrected chi connectivity index (χ4v) is 1.82. The van der Waals surface area contributed by atoms with E-state index in [2.05, 4.69) is 0 Å². The summed E-state index contributed by atoms with van der Waals surface area (Å²) in [5.41, 5.74) is -0.402. The quantitative estimate of drug-likeness (QED) is 0.541. The lowest BCUT2D eigenvalue weighted by Gasteiger charge is -2.24. The maximum atomic E-state index is 10.6. The molecule has 1 aliphatic rings. The third kappa shape index (κ3) is 1.62. The number of carbonyl (C=O) groups excluding carboxylic acids is 1. The van der Waals surface area contributed by atoms with Gasteiger partial charge in [-0.1, -0.05) is 0 Å². The Morgan fingerprint density at radius 3 is 2.09 bits per heavy atom. The third-order valence-electron chi connectivity index (χ3n) is 2.31. The van der Waals surface area contributed by atoms with Crippen molar-refractivity contribution in [3.8, 4) is 0 Å². The highest BCUT2D eigenvalue weighted by molar-refractivity contribution is 5.56. The monoisotopic (exact) mass is 156 g/mol. The first-order chi connectivity index (χ1) is 4.87. The van der Waals surface area contributed by atoms with Crippen molar-refractivity contribution in [1.29, 1.82) is 0 Å². The van der Waals surface area contributed by atoms with Gasteiger partial charge < -0.3 is 9.53 Å². The lowest BCUT2D eigenvalue weighted by Crippen LogP contribution is -2.29. The molecule has 1 atom stereocenters.